The molecule has 0 aliphatic carbocycles. The summed E-state index contributed by atoms with van der Waals surface area (Å²) in [5.74, 6) is 0. The molecule has 0 aromatic heterocycles. The van der Waals surface area contributed by atoms with Crippen molar-refractivity contribution in [3.63, 3.8) is 0 Å². The van der Waals surface area contributed by atoms with Gasteiger partial charge in [-0.3, -0.25) is 4.31 Å². The lowest BCUT2D eigenvalue weighted by atomic mass is 10.4. The van der Waals surface area contributed by atoms with Crippen molar-refractivity contribution in [1.82, 2.24) is 8.02 Å². The summed E-state index contributed by atoms with van der Waals surface area (Å²) in [5, 5.41) is 0. The summed E-state index contributed by atoms with van der Waals surface area (Å²) >= 11 is 4.34. The van der Waals surface area contributed by atoms with Gasteiger partial charge in [-0.1, -0.05) is 54.6 Å². The van der Waals surface area contributed by atoms with Gasteiger partial charge in [-0.05, 0) is 55.3 Å². The Balaban J connectivity index is 1.79. The zero-order valence-corrected chi connectivity index (χ0v) is 17.3. The highest BCUT2D eigenvalue weighted by molar-refractivity contribution is 8.13. The molecule has 0 fully saturated rings. The smallest absolute Gasteiger partial charge is 0.263 e. The summed E-state index contributed by atoms with van der Waals surface area (Å²) < 4.78 is 3.52. The first-order valence-corrected chi connectivity index (χ1v) is 10.9. The largest absolute Gasteiger partial charge is 0.351 e. The first-order chi connectivity index (χ1) is 13.3. The van der Waals surface area contributed by atoms with Crippen LogP contribution in [0.3, 0.4) is 0 Å². The Kier molecular flexibility index (Phi) is 7.56. The maximum Gasteiger partial charge on any atom is 0.351 e. The molecule has 3 aromatic carbocycles. The maximum absolute atomic E-state index is 13.3. The summed E-state index contributed by atoms with van der Waals surface area (Å²) in [7, 11) is 0. The normalized spacial score (nSPS) is 10.4. The van der Waals surface area contributed by atoms with E-state index < -0.39 is 0 Å². The molecule has 3 aromatic rings. The average Bonchev–Trinajstić information content (AvgIpc) is 2.73. The minimum Gasteiger partial charge on any atom is -0.263 e. The average molecular weight is 413 g/mol. The highest BCUT2D eigenvalue weighted by Crippen LogP contribution is 2.37. The first kappa shape index (κ1) is 19.7. The van der Waals surface area contributed by atoms with Gasteiger partial charge in [0.25, 0.3) is 0 Å². The van der Waals surface area contributed by atoms with E-state index in [1.807, 2.05) is 97.9 Å². The standard InChI is InChI=1S/C21H20N2OS3/c1-2-22(25-18-12-6-3-7-13-18)21(24)23(26-19-14-8-4-9-15-19)27-20-16-10-5-11-17-20/h3-17H,2H2,1H3. The molecule has 0 aliphatic heterocycles. The number of hydrogen-bond donors (Lipinski definition) is 0. The molecule has 0 saturated heterocycles. The molecule has 0 unspecified atom stereocenters. The molecule has 0 spiro atoms. The molecule has 0 bridgehead atoms. The van der Waals surface area contributed by atoms with E-state index in [1.165, 1.54) is 35.8 Å². The van der Waals surface area contributed by atoms with Crippen LogP contribution in [0.2, 0.25) is 0 Å². The quantitative estimate of drug-likeness (QED) is 0.396. The number of carbonyl (C=O) groups is 1. The van der Waals surface area contributed by atoms with Crippen LogP contribution < -0.4 is 0 Å². The van der Waals surface area contributed by atoms with Gasteiger partial charge in [0.2, 0.25) is 0 Å². The van der Waals surface area contributed by atoms with Gasteiger partial charge in [-0.25, -0.2) is 4.79 Å². The van der Waals surface area contributed by atoms with Gasteiger partial charge >= 0.3 is 6.03 Å². The van der Waals surface area contributed by atoms with Crippen molar-refractivity contribution in [2.45, 2.75) is 21.6 Å². The summed E-state index contributed by atoms with van der Waals surface area (Å²) in [6.45, 7) is 2.60. The molecule has 27 heavy (non-hydrogen) atoms. The molecular weight excluding hydrogens is 392 g/mol. The zero-order valence-electron chi connectivity index (χ0n) is 14.9. The number of rotatable bonds is 7. The fourth-order valence-electron chi connectivity index (χ4n) is 2.19. The third-order valence-corrected chi connectivity index (χ3v) is 6.65. The van der Waals surface area contributed by atoms with Gasteiger partial charge in [0.1, 0.15) is 0 Å². The van der Waals surface area contributed by atoms with Crippen LogP contribution in [-0.4, -0.2) is 20.6 Å². The van der Waals surface area contributed by atoms with Gasteiger partial charge < -0.3 is 0 Å². The van der Waals surface area contributed by atoms with Crippen LogP contribution in [0.5, 0.6) is 0 Å². The van der Waals surface area contributed by atoms with Gasteiger partial charge in [0.05, 0.1) is 0 Å². The van der Waals surface area contributed by atoms with Gasteiger partial charge in [0.15, 0.2) is 0 Å². The number of hydrogen-bond acceptors (Lipinski definition) is 4. The van der Waals surface area contributed by atoms with Gasteiger partial charge in [0, 0.05) is 45.1 Å². The maximum atomic E-state index is 13.3. The zero-order chi connectivity index (χ0) is 18.9. The van der Waals surface area contributed by atoms with Crippen LogP contribution in [0.4, 0.5) is 4.79 Å². The highest BCUT2D eigenvalue weighted by Gasteiger charge is 2.24. The second kappa shape index (κ2) is 10.3. The molecule has 0 N–H and O–H groups in total. The minimum atomic E-state index is -0.0472. The summed E-state index contributed by atoms with van der Waals surface area (Å²) in [6.07, 6.45) is 0. The monoisotopic (exact) mass is 412 g/mol. The lowest BCUT2D eigenvalue weighted by molar-refractivity contribution is 0.224. The topological polar surface area (TPSA) is 23.6 Å². The Morgan fingerprint density at radius 3 is 1.41 bits per heavy atom. The molecule has 0 aliphatic rings. The van der Waals surface area contributed by atoms with Crippen molar-refractivity contribution in [3.8, 4) is 0 Å². The van der Waals surface area contributed by atoms with Crippen molar-refractivity contribution in [2.75, 3.05) is 6.54 Å². The Morgan fingerprint density at radius 2 is 1.04 bits per heavy atom. The predicted octanol–water partition coefficient (Wildman–Crippen LogP) is 6.85. The number of carbonyl (C=O) groups excluding carboxylic acids is 1. The van der Waals surface area contributed by atoms with Crippen molar-refractivity contribution >= 4 is 41.9 Å². The summed E-state index contributed by atoms with van der Waals surface area (Å²) in [6, 6.07) is 29.8. The molecule has 0 saturated carbocycles. The van der Waals surface area contributed by atoms with E-state index in [2.05, 4.69) is 0 Å². The van der Waals surface area contributed by atoms with Crippen molar-refractivity contribution < 1.29 is 4.79 Å². The SMILES string of the molecule is CCN(Sc1ccccc1)C(=O)N(Sc1ccccc1)Sc1ccccc1. The number of urea groups is 1. The minimum absolute atomic E-state index is 0.0472. The van der Waals surface area contributed by atoms with Crippen molar-refractivity contribution in [1.29, 1.82) is 0 Å². The molecule has 2 amide bonds. The molecule has 3 nitrogen and oxygen atoms in total. The fraction of sp³-hybridized carbons (Fsp3) is 0.0952. The molecule has 3 rings (SSSR count). The van der Waals surface area contributed by atoms with Crippen LogP contribution in [0.15, 0.2) is 106 Å². The van der Waals surface area contributed by atoms with Crippen molar-refractivity contribution in [3.05, 3.63) is 91.0 Å². The van der Waals surface area contributed by atoms with E-state index in [0.717, 1.165) is 14.7 Å². The first-order valence-electron chi connectivity index (χ1n) is 8.57. The van der Waals surface area contributed by atoms with E-state index in [1.54, 1.807) is 8.02 Å². The Labute approximate surface area is 173 Å². The Bertz CT molecular complexity index is 790. The van der Waals surface area contributed by atoms with E-state index >= 15 is 0 Å². The number of amides is 2. The second-order valence-corrected chi connectivity index (χ2v) is 8.81. The lowest BCUT2D eigenvalue weighted by Crippen LogP contribution is -2.31. The van der Waals surface area contributed by atoms with Gasteiger partial charge in [-0.15, -0.1) is 0 Å². The van der Waals surface area contributed by atoms with E-state index in [0.29, 0.717) is 6.54 Å². The highest BCUT2D eigenvalue weighted by atomic mass is 32.2. The Hall–Kier alpha value is -2.02. The molecule has 6 heteroatoms. The molecule has 138 valence electrons. The summed E-state index contributed by atoms with van der Waals surface area (Å²) in [5.41, 5.74) is 0. The fourth-order valence-corrected chi connectivity index (χ4v) is 5.07. The predicted molar refractivity (Wildman–Crippen MR) is 117 cm³/mol. The van der Waals surface area contributed by atoms with Crippen LogP contribution >= 0.6 is 35.8 Å². The van der Waals surface area contributed by atoms with E-state index in [4.69, 9.17) is 0 Å². The third kappa shape index (κ3) is 5.99. The van der Waals surface area contributed by atoms with Gasteiger partial charge in [-0.2, -0.15) is 3.71 Å². The Morgan fingerprint density at radius 1 is 0.667 bits per heavy atom. The van der Waals surface area contributed by atoms with Crippen LogP contribution in [-0.2, 0) is 0 Å². The van der Waals surface area contributed by atoms with Crippen LogP contribution in [0.25, 0.3) is 0 Å². The molecule has 0 radical (unpaired) electrons. The third-order valence-electron chi connectivity index (χ3n) is 3.48. The molecular formula is C21H20N2OS3. The summed E-state index contributed by atoms with van der Waals surface area (Å²) in [4.78, 5) is 16.4. The van der Waals surface area contributed by atoms with Crippen LogP contribution in [0, 0.1) is 0 Å². The van der Waals surface area contributed by atoms with Crippen LogP contribution in [0.1, 0.15) is 6.92 Å². The van der Waals surface area contributed by atoms with Crippen molar-refractivity contribution in [2.24, 2.45) is 0 Å². The van der Waals surface area contributed by atoms with E-state index in [-0.39, 0.29) is 6.03 Å². The molecule has 0 atom stereocenters. The lowest BCUT2D eigenvalue weighted by Gasteiger charge is -2.27. The molecule has 0 heterocycles. The second-order valence-electron chi connectivity index (χ2n) is 5.45. The number of benzene rings is 3. The van der Waals surface area contributed by atoms with E-state index in [9.17, 15) is 4.79 Å². The number of nitrogens with zero attached hydrogens (tertiary/aromatic N) is 2.